The van der Waals surface area contributed by atoms with E-state index < -0.39 is 15.8 Å². The zero-order valence-electron chi connectivity index (χ0n) is 11.0. The van der Waals surface area contributed by atoms with Crippen LogP contribution in [-0.4, -0.2) is 19.5 Å². The fraction of sp³-hybridized carbons (Fsp3) is 0.214. The second-order valence-corrected chi connectivity index (χ2v) is 8.43. The number of sulfone groups is 1. The lowest BCUT2D eigenvalue weighted by molar-refractivity contribution is -0.136. The minimum absolute atomic E-state index is 0.0300. The summed E-state index contributed by atoms with van der Waals surface area (Å²) < 4.78 is 25.4. The molecular formula is C14H13BrO4S2. The van der Waals surface area contributed by atoms with E-state index in [1.165, 1.54) is 23.5 Å². The molecule has 0 amide bonds. The van der Waals surface area contributed by atoms with E-state index in [1.54, 1.807) is 18.2 Å². The van der Waals surface area contributed by atoms with Gasteiger partial charge in [0.25, 0.3) is 0 Å². The van der Waals surface area contributed by atoms with Crippen LogP contribution >= 0.6 is 27.3 Å². The number of benzene rings is 1. The molecule has 1 N–H and O–H groups in total. The molecule has 4 nitrogen and oxygen atoms in total. The van der Waals surface area contributed by atoms with Crippen molar-refractivity contribution in [2.75, 3.05) is 0 Å². The first-order valence-corrected chi connectivity index (χ1v) is 9.46. The standard InChI is InChI=1S/C14H13BrO4S2/c15-11-7-12(20-8-11)9-21(18,19)13-4-1-10(2-5-13)3-6-14(16)17/h1-2,4-5,7-8H,3,6,9H2,(H,16,17). The fourth-order valence-corrected chi connectivity index (χ4v) is 4.96. The van der Waals surface area contributed by atoms with Gasteiger partial charge in [-0.25, -0.2) is 8.42 Å². The predicted octanol–water partition coefficient (Wildman–Crippen LogP) is 3.50. The monoisotopic (exact) mass is 388 g/mol. The fourth-order valence-electron chi connectivity index (χ4n) is 1.81. The smallest absolute Gasteiger partial charge is 0.303 e. The molecule has 2 rings (SSSR count). The third kappa shape index (κ3) is 4.66. The van der Waals surface area contributed by atoms with Crippen molar-refractivity contribution in [3.63, 3.8) is 0 Å². The maximum Gasteiger partial charge on any atom is 0.303 e. The van der Waals surface area contributed by atoms with E-state index in [2.05, 4.69) is 15.9 Å². The van der Waals surface area contributed by atoms with Crippen molar-refractivity contribution in [1.82, 2.24) is 0 Å². The van der Waals surface area contributed by atoms with Crippen molar-refractivity contribution in [3.05, 3.63) is 50.6 Å². The summed E-state index contributed by atoms with van der Waals surface area (Å²) in [6, 6.07) is 8.20. The summed E-state index contributed by atoms with van der Waals surface area (Å²) in [5.74, 6) is -0.896. The quantitative estimate of drug-likeness (QED) is 0.821. The number of aliphatic carboxylic acids is 1. The van der Waals surface area contributed by atoms with Gasteiger partial charge in [-0.3, -0.25) is 4.79 Å². The summed E-state index contributed by atoms with van der Waals surface area (Å²) in [6.07, 6.45) is 0.433. The van der Waals surface area contributed by atoms with Crippen LogP contribution in [0.25, 0.3) is 0 Å². The number of hydrogen-bond acceptors (Lipinski definition) is 4. The highest BCUT2D eigenvalue weighted by molar-refractivity contribution is 9.10. The first kappa shape index (κ1) is 16.2. The third-order valence-corrected chi connectivity index (χ3v) is 6.43. The molecule has 0 aliphatic rings. The molecule has 7 heteroatoms. The first-order valence-electron chi connectivity index (χ1n) is 6.13. The highest BCUT2D eigenvalue weighted by atomic mass is 79.9. The van der Waals surface area contributed by atoms with Crippen LogP contribution in [0, 0.1) is 0 Å². The van der Waals surface area contributed by atoms with Crippen LogP contribution in [0.1, 0.15) is 16.9 Å². The van der Waals surface area contributed by atoms with E-state index in [-0.39, 0.29) is 17.1 Å². The molecule has 0 radical (unpaired) electrons. The molecule has 1 aromatic heterocycles. The number of hydrogen-bond donors (Lipinski definition) is 1. The molecule has 0 aliphatic heterocycles. The van der Waals surface area contributed by atoms with E-state index >= 15 is 0 Å². The molecular weight excluding hydrogens is 376 g/mol. The van der Waals surface area contributed by atoms with E-state index in [0.717, 1.165) is 14.9 Å². The SMILES string of the molecule is O=C(O)CCc1ccc(S(=O)(=O)Cc2cc(Br)cs2)cc1. The lowest BCUT2D eigenvalue weighted by Crippen LogP contribution is -2.04. The van der Waals surface area contributed by atoms with Crippen LogP contribution in [0.15, 0.2) is 45.1 Å². The Hall–Kier alpha value is -1.18. The molecule has 0 spiro atoms. The Morgan fingerprint density at radius 2 is 1.90 bits per heavy atom. The van der Waals surface area contributed by atoms with E-state index in [0.29, 0.717) is 6.42 Å². The Morgan fingerprint density at radius 1 is 1.24 bits per heavy atom. The molecule has 21 heavy (non-hydrogen) atoms. The van der Waals surface area contributed by atoms with Gasteiger partial charge in [0.05, 0.1) is 10.6 Å². The zero-order valence-corrected chi connectivity index (χ0v) is 14.2. The lowest BCUT2D eigenvalue weighted by atomic mass is 10.1. The molecule has 0 saturated carbocycles. The minimum Gasteiger partial charge on any atom is -0.481 e. The summed E-state index contributed by atoms with van der Waals surface area (Å²) in [5, 5.41) is 10.5. The van der Waals surface area contributed by atoms with Gasteiger partial charge in [0.2, 0.25) is 0 Å². The van der Waals surface area contributed by atoms with Crippen LogP contribution < -0.4 is 0 Å². The second kappa shape index (κ2) is 6.72. The van der Waals surface area contributed by atoms with Crippen molar-refractivity contribution >= 4 is 43.1 Å². The van der Waals surface area contributed by atoms with Crippen LogP contribution in [0.5, 0.6) is 0 Å². The van der Waals surface area contributed by atoms with Gasteiger partial charge in [0.15, 0.2) is 9.84 Å². The number of rotatable bonds is 6. The molecule has 0 aliphatic carbocycles. The van der Waals surface area contributed by atoms with Gasteiger partial charge in [-0.05, 0) is 46.1 Å². The molecule has 2 aromatic rings. The van der Waals surface area contributed by atoms with Gasteiger partial charge in [-0.2, -0.15) is 0 Å². The van der Waals surface area contributed by atoms with Gasteiger partial charge in [-0.15, -0.1) is 11.3 Å². The summed E-state index contributed by atoms with van der Waals surface area (Å²) in [4.78, 5) is 11.5. The Labute approximate surface area is 135 Å². The number of carboxylic acid groups (broad SMARTS) is 1. The highest BCUT2D eigenvalue weighted by Gasteiger charge is 2.16. The molecule has 112 valence electrons. The average Bonchev–Trinajstić information content (AvgIpc) is 2.81. The van der Waals surface area contributed by atoms with E-state index in [4.69, 9.17) is 5.11 Å². The molecule has 0 bridgehead atoms. The van der Waals surface area contributed by atoms with Crippen LogP contribution in [0.4, 0.5) is 0 Å². The normalized spacial score (nSPS) is 11.5. The lowest BCUT2D eigenvalue weighted by Gasteiger charge is -2.04. The van der Waals surface area contributed by atoms with Gasteiger partial charge in [-0.1, -0.05) is 12.1 Å². The number of carbonyl (C=O) groups is 1. The average molecular weight is 389 g/mol. The first-order chi connectivity index (χ1) is 9.87. The van der Waals surface area contributed by atoms with Crippen LogP contribution in [-0.2, 0) is 26.8 Å². The van der Waals surface area contributed by atoms with Crippen molar-refractivity contribution in [3.8, 4) is 0 Å². The van der Waals surface area contributed by atoms with E-state index in [1.807, 2.05) is 5.38 Å². The number of aryl methyl sites for hydroxylation is 1. The van der Waals surface area contributed by atoms with Crippen molar-refractivity contribution in [2.24, 2.45) is 0 Å². The van der Waals surface area contributed by atoms with E-state index in [9.17, 15) is 13.2 Å². The molecule has 1 heterocycles. The number of thiophene rings is 1. The molecule has 0 fully saturated rings. The van der Waals surface area contributed by atoms with Crippen molar-refractivity contribution in [1.29, 1.82) is 0 Å². The summed E-state index contributed by atoms with van der Waals surface area (Å²) in [5.41, 5.74) is 0.815. The molecule has 0 unspecified atom stereocenters. The molecule has 0 atom stereocenters. The van der Waals surface area contributed by atoms with Gasteiger partial charge in [0, 0.05) is 21.2 Å². The Kier molecular flexibility index (Phi) is 5.18. The van der Waals surface area contributed by atoms with Crippen LogP contribution in [0.2, 0.25) is 0 Å². The topological polar surface area (TPSA) is 71.4 Å². The summed E-state index contributed by atoms with van der Waals surface area (Å²) in [6.45, 7) is 0. The maximum atomic E-state index is 12.3. The molecule has 0 saturated heterocycles. The minimum atomic E-state index is -3.37. The largest absolute Gasteiger partial charge is 0.481 e. The number of carboxylic acids is 1. The summed E-state index contributed by atoms with van der Waals surface area (Å²) >= 11 is 4.70. The van der Waals surface area contributed by atoms with Crippen molar-refractivity contribution < 1.29 is 18.3 Å². The maximum absolute atomic E-state index is 12.3. The highest BCUT2D eigenvalue weighted by Crippen LogP contribution is 2.24. The van der Waals surface area contributed by atoms with Gasteiger partial charge in [0.1, 0.15) is 0 Å². The van der Waals surface area contributed by atoms with Gasteiger partial charge < -0.3 is 5.11 Å². The Morgan fingerprint density at radius 3 is 2.43 bits per heavy atom. The summed E-state index contributed by atoms with van der Waals surface area (Å²) in [7, 11) is -3.37. The molecule has 1 aromatic carbocycles. The van der Waals surface area contributed by atoms with Crippen molar-refractivity contribution in [2.45, 2.75) is 23.5 Å². The Bertz CT molecular complexity index is 733. The van der Waals surface area contributed by atoms with Gasteiger partial charge >= 0.3 is 5.97 Å². The second-order valence-electron chi connectivity index (χ2n) is 4.53. The Balaban J connectivity index is 2.11. The predicted molar refractivity (Wildman–Crippen MR) is 85.3 cm³/mol. The zero-order chi connectivity index (χ0) is 15.5. The number of halogens is 1. The third-order valence-electron chi connectivity index (χ3n) is 2.86. The van der Waals surface area contributed by atoms with Crippen LogP contribution in [0.3, 0.4) is 0 Å².